The number of ether oxygens (including phenoxy) is 1. The number of nitrogens with zero attached hydrogens (tertiary/aromatic N) is 5. The van der Waals surface area contributed by atoms with E-state index in [1.807, 2.05) is 4.68 Å². The van der Waals surface area contributed by atoms with Crippen molar-refractivity contribution in [3.8, 4) is 0 Å². The van der Waals surface area contributed by atoms with Crippen LogP contribution in [0.5, 0.6) is 0 Å². The molecule has 7 nitrogen and oxygen atoms in total. The Kier molecular flexibility index (Phi) is 6.22. The van der Waals surface area contributed by atoms with Crippen LogP contribution in [0.4, 0.5) is 5.69 Å². The molecule has 0 radical (unpaired) electrons. The molecular weight excluding hydrogens is 384 g/mol. The number of piperazine rings is 1. The first kappa shape index (κ1) is 20.0. The van der Waals surface area contributed by atoms with E-state index in [1.54, 1.807) is 18.4 Å². The average Bonchev–Trinajstić information content (AvgIpc) is 3.42. The molecule has 1 aliphatic heterocycles. The number of aryl methyl sites for hydroxylation is 2. The third kappa shape index (κ3) is 4.34. The lowest BCUT2D eigenvalue weighted by molar-refractivity contribution is -0.926. The zero-order valence-corrected chi connectivity index (χ0v) is 18.2. The lowest BCUT2D eigenvalue weighted by Gasteiger charge is -2.37. The lowest BCUT2D eigenvalue weighted by Crippen LogP contribution is -3.15. The van der Waals surface area contributed by atoms with Gasteiger partial charge in [0.05, 0.1) is 44.2 Å². The molecule has 1 atom stereocenters. The largest absolute Gasteiger partial charge is 0.383 e. The number of thiophene rings is 1. The van der Waals surface area contributed by atoms with E-state index in [0.29, 0.717) is 13.2 Å². The first-order valence-electron chi connectivity index (χ1n) is 10.1. The van der Waals surface area contributed by atoms with E-state index in [4.69, 9.17) is 4.74 Å². The Morgan fingerprint density at radius 3 is 2.76 bits per heavy atom. The topological polar surface area (TPSA) is 60.5 Å². The number of quaternary nitrogens is 1. The van der Waals surface area contributed by atoms with Gasteiger partial charge >= 0.3 is 0 Å². The van der Waals surface area contributed by atoms with Crippen molar-refractivity contribution in [2.24, 2.45) is 0 Å². The van der Waals surface area contributed by atoms with Crippen LogP contribution in [0.3, 0.4) is 0 Å². The van der Waals surface area contributed by atoms with E-state index < -0.39 is 0 Å². The van der Waals surface area contributed by atoms with Gasteiger partial charge < -0.3 is 14.5 Å². The van der Waals surface area contributed by atoms with Gasteiger partial charge in [0, 0.05) is 12.8 Å². The minimum absolute atomic E-state index is 0.155. The fourth-order valence-electron chi connectivity index (χ4n) is 4.11. The highest BCUT2D eigenvalue weighted by Gasteiger charge is 2.35. The quantitative estimate of drug-likeness (QED) is 0.636. The summed E-state index contributed by atoms with van der Waals surface area (Å²) in [5.41, 5.74) is 4.02. The number of nitrogens with one attached hydrogen (secondary N) is 1. The molecule has 0 amide bonds. The Labute approximate surface area is 175 Å². The van der Waals surface area contributed by atoms with Gasteiger partial charge in [0.2, 0.25) is 5.82 Å². The summed E-state index contributed by atoms with van der Waals surface area (Å²) in [6, 6.07) is 11.2. The van der Waals surface area contributed by atoms with Crippen LogP contribution in [0.25, 0.3) is 0 Å². The summed E-state index contributed by atoms with van der Waals surface area (Å²) in [4.78, 5) is 5.35. The van der Waals surface area contributed by atoms with Crippen LogP contribution in [-0.4, -0.2) is 60.1 Å². The van der Waals surface area contributed by atoms with Crippen molar-refractivity contribution in [2.45, 2.75) is 26.4 Å². The van der Waals surface area contributed by atoms with Crippen molar-refractivity contribution in [3.05, 3.63) is 57.5 Å². The molecule has 1 N–H and O–H groups in total. The normalized spacial score (nSPS) is 16.3. The molecule has 1 aliphatic rings. The standard InChI is InChI=1S/C21H28N6OS/c1-16-6-7-17(2)18(15-16)25-8-10-26(11-9-25)20(19-5-4-14-29-19)21-22-23-24-27(21)12-13-28-3/h4-7,14-15,20H,8-13H2,1-3H3/p+1/t20-/m0/s1. The summed E-state index contributed by atoms with van der Waals surface area (Å²) < 4.78 is 7.14. The van der Waals surface area contributed by atoms with E-state index in [1.165, 1.54) is 26.6 Å². The van der Waals surface area contributed by atoms with E-state index in [0.717, 1.165) is 32.0 Å². The molecule has 154 valence electrons. The van der Waals surface area contributed by atoms with Gasteiger partial charge in [0.1, 0.15) is 0 Å². The molecule has 4 rings (SSSR count). The van der Waals surface area contributed by atoms with Gasteiger partial charge in [-0.25, -0.2) is 4.68 Å². The van der Waals surface area contributed by atoms with Gasteiger partial charge in [0.15, 0.2) is 6.04 Å². The fourth-order valence-corrected chi connectivity index (χ4v) is 4.99. The van der Waals surface area contributed by atoms with Gasteiger partial charge in [-0.1, -0.05) is 18.2 Å². The molecule has 0 spiro atoms. The van der Waals surface area contributed by atoms with Crippen LogP contribution in [-0.2, 0) is 11.3 Å². The van der Waals surface area contributed by atoms with Gasteiger partial charge in [0.25, 0.3) is 0 Å². The molecule has 0 unspecified atom stereocenters. The highest BCUT2D eigenvalue weighted by Crippen LogP contribution is 2.24. The second-order valence-electron chi connectivity index (χ2n) is 7.64. The number of hydrogen-bond acceptors (Lipinski definition) is 6. The first-order valence-corrected chi connectivity index (χ1v) is 11.0. The Hall–Kier alpha value is -2.29. The van der Waals surface area contributed by atoms with Crippen LogP contribution in [0, 0.1) is 13.8 Å². The Morgan fingerprint density at radius 1 is 1.21 bits per heavy atom. The summed E-state index contributed by atoms with van der Waals surface area (Å²) in [6.45, 7) is 9.79. The van der Waals surface area contributed by atoms with E-state index >= 15 is 0 Å². The first-order chi connectivity index (χ1) is 14.2. The zero-order valence-electron chi connectivity index (χ0n) is 17.3. The molecule has 0 saturated carbocycles. The maximum absolute atomic E-state index is 5.24. The second kappa shape index (κ2) is 9.02. The third-order valence-electron chi connectivity index (χ3n) is 5.67. The number of rotatable bonds is 7. The predicted octanol–water partition coefficient (Wildman–Crippen LogP) is 1.49. The monoisotopic (exact) mass is 413 g/mol. The molecule has 0 aliphatic carbocycles. The third-order valence-corrected chi connectivity index (χ3v) is 6.61. The zero-order chi connectivity index (χ0) is 20.2. The number of tetrazole rings is 1. The predicted molar refractivity (Wildman–Crippen MR) is 115 cm³/mol. The summed E-state index contributed by atoms with van der Waals surface area (Å²) in [7, 11) is 1.71. The Balaban J connectivity index is 1.55. The van der Waals surface area contributed by atoms with Gasteiger partial charge in [-0.2, -0.15) is 0 Å². The minimum Gasteiger partial charge on any atom is -0.383 e. The Bertz CT molecular complexity index is 917. The van der Waals surface area contributed by atoms with Crippen molar-refractivity contribution < 1.29 is 9.64 Å². The number of methoxy groups -OCH3 is 1. The van der Waals surface area contributed by atoms with Crippen molar-refractivity contribution in [1.29, 1.82) is 0 Å². The molecule has 3 aromatic rings. The minimum atomic E-state index is 0.155. The molecule has 1 aromatic carbocycles. The van der Waals surface area contributed by atoms with E-state index in [-0.39, 0.29) is 6.04 Å². The number of hydrogen-bond donors (Lipinski definition) is 1. The van der Waals surface area contributed by atoms with Crippen LogP contribution in [0.1, 0.15) is 27.9 Å². The molecule has 0 bridgehead atoms. The molecular formula is C21H29N6OS+. The molecule has 1 fully saturated rings. The summed E-state index contributed by atoms with van der Waals surface area (Å²) >= 11 is 1.78. The fraction of sp³-hybridized carbons (Fsp3) is 0.476. The van der Waals surface area contributed by atoms with Crippen LogP contribution in [0.15, 0.2) is 35.7 Å². The molecule has 3 heterocycles. The molecule has 8 heteroatoms. The van der Waals surface area contributed by atoms with Crippen LogP contribution in [0.2, 0.25) is 0 Å². The Morgan fingerprint density at radius 2 is 2.03 bits per heavy atom. The molecule has 29 heavy (non-hydrogen) atoms. The van der Waals surface area contributed by atoms with Crippen LogP contribution >= 0.6 is 11.3 Å². The summed E-state index contributed by atoms with van der Waals surface area (Å²) in [6.07, 6.45) is 0. The molecule has 1 saturated heterocycles. The highest BCUT2D eigenvalue weighted by atomic mass is 32.1. The van der Waals surface area contributed by atoms with Crippen molar-refractivity contribution >= 4 is 17.0 Å². The maximum Gasteiger partial charge on any atom is 0.215 e. The van der Waals surface area contributed by atoms with Crippen molar-refractivity contribution in [1.82, 2.24) is 20.2 Å². The van der Waals surface area contributed by atoms with Gasteiger partial charge in [-0.3, -0.25) is 0 Å². The number of benzene rings is 1. The van der Waals surface area contributed by atoms with Gasteiger partial charge in [-0.05, 0) is 52.9 Å². The second-order valence-corrected chi connectivity index (χ2v) is 8.62. The lowest BCUT2D eigenvalue weighted by atomic mass is 10.1. The van der Waals surface area contributed by atoms with Crippen molar-refractivity contribution in [3.63, 3.8) is 0 Å². The van der Waals surface area contributed by atoms with Gasteiger partial charge in [-0.15, -0.1) is 16.4 Å². The van der Waals surface area contributed by atoms with Crippen LogP contribution < -0.4 is 9.80 Å². The summed E-state index contributed by atoms with van der Waals surface area (Å²) in [5, 5.41) is 14.8. The van der Waals surface area contributed by atoms with E-state index in [2.05, 4.69) is 70.0 Å². The van der Waals surface area contributed by atoms with E-state index in [9.17, 15) is 0 Å². The maximum atomic E-state index is 5.24. The highest BCUT2D eigenvalue weighted by molar-refractivity contribution is 7.10. The van der Waals surface area contributed by atoms with Crippen molar-refractivity contribution in [2.75, 3.05) is 44.8 Å². The SMILES string of the molecule is COCCn1nnnc1[C@H](c1cccs1)[NH+]1CCN(c2cc(C)ccc2C)CC1. The smallest absolute Gasteiger partial charge is 0.215 e. The molecule has 2 aromatic heterocycles. The number of anilines is 1. The summed E-state index contributed by atoms with van der Waals surface area (Å²) in [5.74, 6) is 0.930. The number of aromatic nitrogens is 4. The average molecular weight is 414 g/mol.